The highest BCUT2D eigenvalue weighted by Gasteiger charge is 2.27. The number of amides is 1. The Hall–Kier alpha value is -0.280. The molecule has 1 N–H and O–H groups in total. The first-order valence-electron chi connectivity index (χ1n) is 6.76. The molecular formula is C13H22ClNO2. The molecule has 98 valence electrons. The number of rotatable bonds is 4. The van der Waals surface area contributed by atoms with Crippen LogP contribution in [0.2, 0.25) is 0 Å². The number of ether oxygens (including phenoxy) is 1. The summed E-state index contributed by atoms with van der Waals surface area (Å²) in [5, 5.41) is 3.14. The second-order valence-corrected chi connectivity index (χ2v) is 5.52. The van der Waals surface area contributed by atoms with E-state index in [0.29, 0.717) is 18.2 Å². The van der Waals surface area contributed by atoms with Gasteiger partial charge in [0.1, 0.15) is 0 Å². The highest BCUT2D eigenvalue weighted by atomic mass is 35.5. The van der Waals surface area contributed by atoms with E-state index in [1.807, 2.05) is 0 Å². The van der Waals surface area contributed by atoms with Crippen LogP contribution in [-0.4, -0.2) is 30.5 Å². The third kappa shape index (κ3) is 3.85. The molecule has 3 atom stereocenters. The number of nitrogens with one attached hydrogen (secondary N) is 1. The molecule has 1 aliphatic heterocycles. The lowest BCUT2D eigenvalue weighted by Gasteiger charge is -2.31. The summed E-state index contributed by atoms with van der Waals surface area (Å²) in [6.07, 6.45) is 7.46. The lowest BCUT2D eigenvalue weighted by atomic mass is 9.85. The Morgan fingerprint density at radius 3 is 2.76 bits per heavy atom. The summed E-state index contributed by atoms with van der Waals surface area (Å²) >= 11 is 5.95. The fourth-order valence-corrected chi connectivity index (χ4v) is 3.23. The molecule has 4 heteroatoms. The van der Waals surface area contributed by atoms with Crippen molar-refractivity contribution in [2.24, 2.45) is 5.92 Å². The lowest BCUT2D eigenvalue weighted by Crippen LogP contribution is -2.43. The molecular weight excluding hydrogens is 238 g/mol. The Balaban J connectivity index is 1.75. The van der Waals surface area contributed by atoms with E-state index in [1.54, 1.807) is 0 Å². The first-order valence-corrected chi connectivity index (χ1v) is 7.30. The second-order valence-electron chi connectivity index (χ2n) is 5.21. The zero-order chi connectivity index (χ0) is 12.1. The van der Waals surface area contributed by atoms with Gasteiger partial charge in [-0.25, -0.2) is 0 Å². The van der Waals surface area contributed by atoms with Gasteiger partial charge in [-0.05, 0) is 31.6 Å². The summed E-state index contributed by atoms with van der Waals surface area (Å²) in [6.45, 7) is 0.811. The molecule has 0 aromatic rings. The van der Waals surface area contributed by atoms with E-state index < -0.39 is 0 Å². The summed E-state index contributed by atoms with van der Waals surface area (Å²) in [4.78, 5) is 11.9. The molecule has 0 radical (unpaired) electrons. The molecule has 3 unspecified atom stereocenters. The van der Waals surface area contributed by atoms with Gasteiger partial charge in [-0.3, -0.25) is 4.79 Å². The van der Waals surface area contributed by atoms with Crippen molar-refractivity contribution >= 4 is 17.5 Å². The van der Waals surface area contributed by atoms with Crippen molar-refractivity contribution in [3.63, 3.8) is 0 Å². The second kappa shape index (κ2) is 6.60. The molecule has 0 spiro atoms. The van der Waals surface area contributed by atoms with E-state index in [0.717, 1.165) is 32.3 Å². The third-order valence-corrected chi connectivity index (χ3v) is 4.29. The summed E-state index contributed by atoms with van der Waals surface area (Å²) in [5.41, 5.74) is 0. The number of carbonyl (C=O) groups is 1. The largest absolute Gasteiger partial charge is 0.378 e. The average molecular weight is 260 g/mol. The number of hydrogen-bond donors (Lipinski definition) is 1. The van der Waals surface area contributed by atoms with Crippen LogP contribution in [0.25, 0.3) is 0 Å². The molecule has 17 heavy (non-hydrogen) atoms. The molecule has 2 fully saturated rings. The predicted molar refractivity (Wildman–Crippen MR) is 68.2 cm³/mol. The average Bonchev–Trinajstić information content (AvgIpc) is 2.82. The smallest absolute Gasteiger partial charge is 0.222 e. The summed E-state index contributed by atoms with van der Waals surface area (Å²) < 4.78 is 5.48. The molecule has 1 heterocycles. The van der Waals surface area contributed by atoms with Gasteiger partial charge in [0.05, 0.1) is 12.5 Å². The van der Waals surface area contributed by atoms with Crippen LogP contribution in [0.5, 0.6) is 0 Å². The topological polar surface area (TPSA) is 38.3 Å². The summed E-state index contributed by atoms with van der Waals surface area (Å²) in [6, 6.07) is 0.287. The van der Waals surface area contributed by atoms with Crippen LogP contribution in [0.15, 0.2) is 0 Å². The standard InChI is InChI=1S/C13H22ClNO2/c14-9-10-4-1-2-6-12(10)15-13(16)8-11-5-3-7-17-11/h10-12H,1-9H2,(H,15,16). The zero-order valence-corrected chi connectivity index (χ0v) is 11.0. The van der Waals surface area contributed by atoms with Gasteiger partial charge in [-0.1, -0.05) is 12.8 Å². The first-order chi connectivity index (χ1) is 8.29. The minimum atomic E-state index is 0.138. The molecule has 1 aliphatic carbocycles. The number of carbonyl (C=O) groups excluding carboxylic acids is 1. The molecule has 2 aliphatic rings. The van der Waals surface area contributed by atoms with E-state index in [1.165, 1.54) is 12.8 Å². The SMILES string of the molecule is O=C(CC1CCCO1)NC1CCCCC1CCl. The Morgan fingerprint density at radius 2 is 2.06 bits per heavy atom. The van der Waals surface area contributed by atoms with Crippen molar-refractivity contribution in [3.05, 3.63) is 0 Å². The van der Waals surface area contributed by atoms with Crippen molar-refractivity contribution in [1.29, 1.82) is 0 Å². The Bertz CT molecular complexity index is 254. The van der Waals surface area contributed by atoms with Crippen molar-refractivity contribution in [3.8, 4) is 0 Å². The fourth-order valence-electron chi connectivity index (χ4n) is 2.86. The Labute approximate surface area is 108 Å². The van der Waals surface area contributed by atoms with Crippen LogP contribution in [0.4, 0.5) is 0 Å². The maximum Gasteiger partial charge on any atom is 0.222 e. The van der Waals surface area contributed by atoms with Crippen LogP contribution >= 0.6 is 11.6 Å². The maximum atomic E-state index is 11.9. The van der Waals surface area contributed by atoms with Crippen LogP contribution in [0, 0.1) is 5.92 Å². The van der Waals surface area contributed by atoms with Gasteiger partial charge in [-0.15, -0.1) is 11.6 Å². The van der Waals surface area contributed by atoms with Gasteiger partial charge >= 0.3 is 0 Å². The third-order valence-electron chi connectivity index (χ3n) is 3.89. The molecule has 2 rings (SSSR count). The highest BCUT2D eigenvalue weighted by Crippen LogP contribution is 2.25. The number of alkyl halides is 1. The Kier molecular flexibility index (Phi) is 5.11. The van der Waals surface area contributed by atoms with E-state index >= 15 is 0 Å². The molecule has 1 amide bonds. The van der Waals surface area contributed by atoms with Gasteiger partial charge in [0.2, 0.25) is 5.91 Å². The van der Waals surface area contributed by atoms with Gasteiger partial charge in [-0.2, -0.15) is 0 Å². The quantitative estimate of drug-likeness (QED) is 0.788. The maximum absolute atomic E-state index is 11.9. The van der Waals surface area contributed by atoms with Crippen LogP contribution in [0.3, 0.4) is 0 Å². The normalized spacial score (nSPS) is 33.6. The fraction of sp³-hybridized carbons (Fsp3) is 0.923. The zero-order valence-electron chi connectivity index (χ0n) is 10.3. The number of hydrogen-bond acceptors (Lipinski definition) is 2. The minimum absolute atomic E-state index is 0.138. The van der Waals surface area contributed by atoms with Gasteiger partial charge in [0, 0.05) is 18.5 Å². The van der Waals surface area contributed by atoms with Crippen molar-refractivity contribution in [1.82, 2.24) is 5.32 Å². The first kappa shape index (κ1) is 13.2. The van der Waals surface area contributed by atoms with Crippen molar-refractivity contribution in [2.75, 3.05) is 12.5 Å². The van der Waals surface area contributed by atoms with E-state index in [-0.39, 0.29) is 18.1 Å². The molecule has 1 saturated heterocycles. The molecule has 0 aromatic heterocycles. The summed E-state index contributed by atoms with van der Waals surface area (Å²) in [5.74, 6) is 1.25. The molecule has 3 nitrogen and oxygen atoms in total. The van der Waals surface area contributed by atoms with Crippen molar-refractivity contribution < 1.29 is 9.53 Å². The molecule has 0 aromatic carbocycles. The van der Waals surface area contributed by atoms with E-state index in [4.69, 9.17) is 16.3 Å². The van der Waals surface area contributed by atoms with E-state index in [9.17, 15) is 4.79 Å². The van der Waals surface area contributed by atoms with E-state index in [2.05, 4.69) is 5.32 Å². The van der Waals surface area contributed by atoms with Crippen LogP contribution in [-0.2, 0) is 9.53 Å². The highest BCUT2D eigenvalue weighted by molar-refractivity contribution is 6.18. The van der Waals surface area contributed by atoms with Crippen LogP contribution < -0.4 is 5.32 Å². The minimum Gasteiger partial charge on any atom is -0.378 e. The molecule has 1 saturated carbocycles. The lowest BCUT2D eigenvalue weighted by molar-refractivity contribution is -0.124. The predicted octanol–water partition coefficient (Wildman–Crippen LogP) is 2.47. The van der Waals surface area contributed by atoms with Gasteiger partial charge in [0.25, 0.3) is 0 Å². The van der Waals surface area contributed by atoms with Gasteiger partial charge < -0.3 is 10.1 Å². The monoisotopic (exact) mass is 259 g/mol. The molecule has 0 bridgehead atoms. The van der Waals surface area contributed by atoms with Gasteiger partial charge in [0.15, 0.2) is 0 Å². The summed E-state index contributed by atoms with van der Waals surface area (Å²) in [7, 11) is 0. The Morgan fingerprint density at radius 1 is 1.24 bits per heavy atom. The van der Waals surface area contributed by atoms with Crippen molar-refractivity contribution in [2.45, 2.75) is 57.1 Å². The number of halogens is 1. The van der Waals surface area contributed by atoms with Crippen LogP contribution in [0.1, 0.15) is 44.9 Å².